The van der Waals surface area contributed by atoms with E-state index in [1.165, 1.54) is 6.20 Å². The van der Waals surface area contributed by atoms with Crippen molar-refractivity contribution >= 4 is 38.4 Å². The van der Waals surface area contributed by atoms with Gasteiger partial charge in [-0.15, -0.1) is 0 Å². The molecule has 268 valence electrons. The number of benzene rings is 3. The number of ether oxygens (including phenoxy) is 2. The van der Waals surface area contributed by atoms with Crippen LogP contribution in [-0.2, 0) is 26.3 Å². The normalized spacial score (nSPS) is 11.5. The average Bonchev–Trinajstić information content (AvgIpc) is 3.58. The highest BCUT2D eigenvalue weighted by Crippen LogP contribution is 2.38. The Balaban J connectivity index is 1.35. The Labute approximate surface area is 311 Å². The number of unbranched alkanes of at least 4 members (excludes halogenated alkanes) is 4. The lowest BCUT2D eigenvalue weighted by atomic mass is 10.00. The summed E-state index contributed by atoms with van der Waals surface area (Å²) >= 11 is 10.6. The van der Waals surface area contributed by atoms with Gasteiger partial charge in [0.2, 0.25) is 0 Å². The van der Waals surface area contributed by atoms with Gasteiger partial charge >= 0.3 is 0 Å². The number of aliphatic hydroxyl groups is 3. The maximum Gasteiger partial charge on any atom is 0.142 e. The van der Waals surface area contributed by atoms with Crippen molar-refractivity contribution in [1.29, 1.82) is 5.26 Å². The summed E-state index contributed by atoms with van der Waals surface area (Å²) < 4.78 is 15.5. The number of fused-ring (bicyclic) bond motifs is 1. The maximum atomic E-state index is 9.79. The lowest BCUT2D eigenvalue weighted by molar-refractivity contribution is 0.103. The highest BCUT2D eigenvalue weighted by atomic mass is 79.9. The zero-order valence-corrected chi connectivity index (χ0v) is 31.0. The van der Waals surface area contributed by atoms with Gasteiger partial charge in [-0.2, -0.15) is 10.4 Å². The van der Waals surface area contributed by atoms with Crippen LogP contribution >= 0.6 is 27.5 Å². The number of aryl methyl sites for hydroxylation is 1. The van der Waals surface area contributed by atoms with E-state index in [9.17, 15) is 15.5 Å². The Hall–Kier alpha value is -4.02. The Morgan fingerprint density at radius 1 is 0.882 bits per heavy atom. The fourth-order valence-electron chi connectivity index (χ4n) is 5.69. The van der Waals surface area contributed by atoms with Crippen LogP contribution < -0.4 is 14.8 Å². The second-order valence-corrected chi connectivity index (χ2v) is 14.0. The molecule has 0 bridgehead atoms. The van der Waals surface area contributed by atoms with Crippen LogP contribution in [0.25, 0.3) is 22.0 Å². The minimum Gasteiger partial charge on any atom is -0.488 e. The molecule has 12 heteroatoms. The third kappa shape index (κ3) is 9.86. The SMILES string of the molecule is CC(CO)(CO)NCc1cc(Cl)c(OCc2cccc(-c3cccc4c3cnn4CCCCCCCO)c2Br)cc1OCc1cncc(C#N)c1. The van der Waals surface area contributed by atoms with E-state index >= 15 is 0 Å². The average molecular weight is 777 g/mol. The van der Waals surface area contributed by atoms with Gasteiger partial charge < -0.3 is 30.1 Å². The van der Waals surface area contributed by atoms with Crippen LogP contribution in [0.15, 0.2) is 77.7 Å². The van der Waals surface area contributed by atoms with Crippen LogP contribution in [0.5, 0.6) is 11.5 Å². The number of nitrogens with zero attached hydrogens (tertiary/aromatic N) is 4. The van der Waals surface area contributed by atoms with Gasteiger partial charge in [0.25, 0.3) is 0 Å². The molecule has 0 fully saturated rings. The molecule has 0 spiro atoms. The Morgan fingerprint density at radius 2 is 1.63 bits per heavy atom. The predicted molar refractivity (Wildman–Crippen MR) is 202 cm³/mol. The summed E-state index contributed by atoms with van der Waals surface area (Å²) in [6, 6.07) is 19.6. The molecule has 0 radical (unpaired) electrons. The summed E-state index contributed by atoms with van der Waals surface area (Å²) in [6.07, 6.45) is 10.2. The third-order valence-electron chi connectivity index (χ3n) is 8.80. The van der Waals surface area contributed by atoms with Gasteiger partial charge in [0.15, 0.2) is 0 Å². The number of nitriles is 1. The first-order chi connectivity index (χ1) is 24.8. The fraction of sp³-hybridized carbons (Fsp3) is 0.359. The number of halogens is 2. The van der Waals surface area contributed by atoms with Crippen molar-refractivity contribution in [3.05, 3.63) is 105 Å². The zero-order chi connectivity index (χ0) is 36.2. The fourth-order valence-corrected chi connectivity index (χ4v) is 6.53. The minimum atomic E-state index is -0.912. The first-order valence-corrected chi connectivity index (χ1v) is 18.2. The molecule has 5 aromatic rings. The Morgan fingerprint density at radius 3 is 2.41 bits per heavy atom. The molecule has 0 aliphatic rings. The van der Waals surface area contributed by atoms with Crippen molar-refractivity contribution in [2.24, 2.45) is 0 Å². The first kappa shape index (κ1) is 38.2. The Kier molecular flexibility index (Phi) is 13.8. The number of nitrogens with one attached hydrogen (secondary N) is 1. The molecule has 51 heavy (non-hydrogen) atoms. The molecule has 3 aromatic carbocycles. The van der Waals surface area contributed by atoms with Crippen LogP contribution in [0.3, 0.4) is 0 Å². The standard InChI is InChI=1S/C39H43BrClN5O5/c1-39(25-48,26-49)44-21-30-16-34(41)37(17-36(30)50-23-28-15-27(18-42)19-43-20-28)51-24-29-9-7-11-32(38(29)40)31-10-8-12-35-33(31)22-45-46(35)13-5-3-2-4-6-14-47/h7-12,15-17,19-20,22,44,47-49H,2-6,13-14,21,23-26H2,1H3. The summed E-state index contributed by atoms with van der Waals surface area (Å²) in [5.74, 6) is 0.910. The molecule has 10 nitrogen and oxygen atoms in total. The molecule has 5 rings (SSSR count). The first-order valence-electron chi connectivity index (χ1n) is 17.0. The van der Waals surface area contributed by atoms with Crippen molar-refractivity contribution in [3.8, 4) is 28.7 Å². The highest BCUT2D eigenvalue weighted by Gasteiger charge is 2.23. The van der Waals surface area contributed by atoms with Crippen molar-refractivity contribution in [2.75, 3.05) is 19.8 Å². The molecule has 0 atom stereocenters. The van der Waals surface area contributed by atoms with Crippen molar-refractivity contribution < 1.29 is 24.8 Å². The lowest BCUT2D eigenvalue weighted by Crippen LogP contribution is -2.48. The molecule has 2 aromatic heterocycles. The number of hydrogen-bond acceptors (Lipinski definition) is 9. The summed E-state index contributed by atoms with van der Waals surface area (Å²) in [6.45, 7) is 2.90. The van der Waals surface area contributed by atoms with E-state index in [1.54, 1.807) is 31.3 Å². The van der Waals surface area contributed by atoms with Crippen LogP contribution in [0.1, 0.15) is 61.3 Å². The summed E-state index contributed by atoms with van der Waals surface area (Å²) in [5.41, 5.74) is 5.02. The van der Waals surface area contributed by atoms with Crippen molar-refractivity contribution in [3.63, 3.8) is 0 Å². The van der Waals surface area contributed by atoms with Gasteiger partial charge in [0, 0.05) is 64.7 Å². The molecule has 0 aliphatic heterocycles. The van der Waals surface area contributed by atoms with Crippen LogP contribution in [0.2, 0.25) is 5.02 Å². The van der Waals surface area contributed by atoms with E-state index < -0.39 is 5.54 Å². The van der Waals surface area contributed by atoms with Crippen molar-refractivity contribution in [2.45, 2.75) is 70.9 Å². The van der Waals surface area contributed by atoms with E-state index in [-0.39, 0.29) is 39.6 Å². The molecule has 0 saturated heterocycles. The number of pyridine rings is 1. The molecular formula is C39H43BrClN5O5. The Bertz CT molecular complexity index is 1960. The highest BCUT2D eigenvalue weighted by molar-refractivity contribution is 9.10. The largest absolute Gasteiger partial charge is 0.488 e. The molecule has 0 aliphatic carbocycles. The number of rotatable bonds is 19. The summed E-state index contributed by atoms with van der Waals surface area (Å²) in [5, 5.41) is 47.2. The molecule has 0 saturated carbocycles. The van der Waals surface area contributed by atoms with Gasteiger partial charge in [-0.1, -0.05) is 61.2 Å². The van der Waals surface area contributed by atoms with Gasteiger partial charge in [0.05, 0.1) is 41.1 Å². The predicted octanol–water partition coefficient (Wildman–Crippen LogP) is 7.32. The molecule has 4 N–H and O–H groups in total. The molecule has 0 unspecified atom stereocenters. The number of aliphatic hydroxyl groups excluding tert-OH is 3. The minimum absolute atomic E-state index is 0.147. The summed E-state index contributed by atoms with van der Waals surface area (Å²) in [7, 11) is 0. The second-order valence-electron chi connectivity index (χ2n) is 12.8. The monoisotopic (exact) mass is 775 g/mol. The summed E-state index contributed by atoms with van der Waals surface area (Å²) in [4.78, 5) is 4.12. The van der Waals surface area contributed by atoms with Crippen LogP contribution in [-0.4, -0.2) is 55.4 Å². The number of aromatic nitrogens is 3. The van der Waals surface area contributed by atoms with Gasteiger partial charge in [0.1, 0.15) is 30.8 Å². The van der Waals surface area contributed by atoms with E-state index in [2.05, 4.69) is 61.2 Å². The van der Waals surface area contributed by atoms with Gasteiger partial charge in [-0.05, 0) is 65.0 Å². The van der Waals surface area contributed by atoms with Crippen LogP contribution in [0.4, 0.5) is 0 Å². The van der Waals surface area contributed by atoms with E-state index in [4.69, 9.17) is 31.3 Å². The lowest BCUT2D eigenvalue weighted by Gasteiger charge is -2.27. The smallest absolute Gasteiger partial charge is 0.142 e. The maximum absolute atomic E-state index is 9.79. The molecular weight excluding hydrogens is 734 g/mol. The molecule has 2 heterocycles. The van der Waals surface area contributed by atoms with Gasteiger partial charge in [-0.3, -0.25) is 9.67 Å². The van der Waals surface area contributed by atoms with Crippen molar-refractivity contribution in [1.82, 2.24) is 20.1 Å². The number of hydrogen-bond donors (Lipinski definition) is 4. The van der Waals surface area contributed by atoms with Crippen LogP contribution in [0, 0.1) is 11.3 Å². The zero-order valence-electron chi connectivity index (χ0n) is 28.6. The van der Waals surface area contributed by atoms with E-state index in [0.717, 1.165) is 76.3 Å². The van der Waals surface area contributed by atoms with E-state index in [1.807, 2.05) is 18.3 Å². The molecule has 0 amide bonds. The third-order valence-corrected chi connectivity index (χ3v) is 10.0. The topological polar surface area (TPSA) is 146 Å². The second kappa shape index (κ2) is 18.5. The quantitative estimate of drug-likeness (QED) is 0.0634. The van der Waals surface area contributed by atoms with E-state index in [0.29, 0.717) is 27.6 Å². The van der Waals surface area contributed by atoms with Gasteiger partial charge in [-0.25, -0.2) is 0 Å².